The largest absolute Gasteiger partial charge is 0.466 e. The van der Waals surface area contributed by atoms with Crippen LogP contribution >= 0.6 is 0 Å². The summed E-state index contributed by atoms with van der Waals surface area (Å²) < 4.78 is 4.89. The van der Waals surface area contributed by atoms with E-state index in [0.717, 1.165) is 19.3 Å². The van der Waals surface area contributed by atoms with E-state index in [2.05, 4.69) is 6.92 Å². The highest BCUT2D eigenvalue weighted by molar-refractivity contribution is 5.85. The van der Waals surface area contributed by atoms with Gasteiger partial charge in [0.15, 0.2) is 0 Å². The Balaban J connectivity index is 2.44. The Morgan fingerprint density at radius 2 is 1.87 bits per heavy atom. The van der Waals surface area contributed by atoms with Gasteiger partial charge in [-0.2, -0.15) is 0 Å². The molecule has 0 aromatic rings. The van der Waals surface area contributed by atoms with Crippen LogP contribution in [-0.2, 0) is 19.1 Å². The Kier molecular flexibility index (Phi) is 9.07. The zero-order chi connectivity index (χ0) is 17.2. The molecular weight excluding hydrogens is 296 g/mol. The van der Waals surface area contributed by atoms with E-state index in [1.165, 1.54) is 0 Å². The number of aliphatic hydroxyl groups excluding tert-OH is 1. The molecule has 0 amide bonds. The Bertz CT molecular complexity index is 404. The quantitative estimate of drug-likeness (QED) is 0.466. The molecule has 23 heavy (non-hydrogen) atoms. The second-order valence-corrected chi connectivity index (χ2v) is 6.39. The van der Waals surface area contributed by atoms with Crippen LogP contribution in [0.2, 0.25) is 0 Å². The fourth-order valence-corrected chi connectivity index (χ4v) is 3.32. The number of ether oxygens (including phenoxy) is 1. The second-order valence-electron chi connectivity index (χ2n) is 6.39. The standard InChI is InChI=1S/C18H30O5/c1-3-5-6-7-13(19)8-9-14-15(17(21)12-16(14)20)10-11-18(22)23-4-2/h14-16,20H,3-12H2,1-2H3/t14-,15+,16-/m1/s1. The van der Waals surface area contributed by atoms with Crippen molar-refractivity contribution in [2.45, 2.75) is 77.7 Å². The van der Waals surface area contributed by atoms with Gasteiger partial charge in [-0.1, -0.05) is 19.8 Å². The molecular formula is C18H30O5. The van der Waals surface area contributed by atoms with Crippen LogP contribution in [0.3, 0.4) is 0 Å². The van der Waals surface area contributed by atoms with E-state index < -0.39 is 6.10 Å². The second kappa shape index (κ2) is 10.5. The minimum absolute atomic E-state index is 0.00484. The number of aliphatic hydroxyl groups is 1. The van der Waals surface area contributed by atoms with Crippen LogP contribution in [0.25, 0.3) is 0 Å². The van der Waals surface area contributed by atoms with Gasteiger partial charge in [-0.25, -0.2) is 0 Å². The topological polar surface area (TPSA) is 80.7 Å². The summed E-state index contributed by atoms with van der Waals surface area (Å²) in [7, 11) is 0. The van der Waals surface area contributed by atoms with Gasteiger partial charge in [0.2, 0.25) is 0 Å². The third-order valence-corrected chi connectivity index (χ3v) is 4.62. The number of rotatable bonds is 11. The number of hydrogen-bond donors (Lipinski definition) is 1. The number of hydrogen-bond acceptors (Lipinski definition) is 5. The maximum Gasteiger partial charge on any atom is 0.305 e. The molecule has 1 saturated carbocycles. The summed E-state index contributed by atoms with van der Waals surface area (Å²) in [6, 6.07) is 0. The molecule has 132 valence electrons. The molecule has 0 bridgehead atoms. The number of unbranched alkanes of at least 4 members (excludes halogenated alkanes) is 2. The molecule has 3 atom stereocenters. The molecule has 1 fully saturated rings. The summed E-state index contributed by atoms with van der Waals surface area (Å²) in [5, 5.41) is 10.1. The van der Waals surface area contributed by atoms with E-state index in [1.807, 2.05) is 0 Å². The molecule has 0 aromatic heterocycles. The molecule has 0 saturated heterocycles. The predicted octanol–water partition coefficient (Wildman–Crippen LogP) is 2.83. The fraction of sp³-hybridized carbons (Fsp3) is 0.833. The van der Waals surface area contributed by atoms with Crippen molar-refractivity contribution in [3.63, 3.8) is 0 Å². The minimum Gasteiger partial charge on any atom is -0.466 e. The molecule has 0 heterocycles. The third-order valence-electron chi connectivity index (χ3n) is 4.62. The van der Waals surface area contributed by atoms with Gasteiger partial charge < -0.3 is 9.84 Å². The smallest absolute Gasteiger partial charge is 0.305 e. The highest BCUT2D eigenvalue weighted by atomic mass is 16.5. The van der Waals surface area contributed by atoms with Crippen molar-refractivity contribution in [1.29, 1.82) is 0 Å². The van der Waals surface area contributed by atoms with Gasteiger partial charge in [-0.3, -0.25) is 14.4 Å². The Hall–Kier alpha value is -1.23. The molecule has 0 unspecified atom stereocenters. The van der Waals surface area contributed by atoms with E-state index in [0.29, 0.717) is 32.3 Å². The lowest BCUT2D eigenvalue weighted by Gasteiger charge is -2.20. The monoisotopic (exact) mass is 326 g/mol. The van der Waals surface area contributed by atoms with E-state index in [-0.39, 0.29) is 42.2 Å². The van der Waals surface area contributed by atoms with Crippen molar-refractivity contribution >= 4 is 17.5 Å². The predicted molar refractivity (Wildman–Crippen MR) is 86.9 cm³/mol. The SMILES string of the molecule is CCCCCC(=O)CC[C@H]1[C@H](O)CC(=O)[C@H]1CCC(=O)OCC. The number of ketones is 2. The molecule has 0 aliphatic heterocycles. The third kappa shape index (κ3) is 6.81. The first kappa shape index (κ1) is 19.8. The van der Waals surface area contributed by atoms with Crippen LogP contribution in [0.4, 0.5) is 0 Å². The highest BCUT2D eigenvalue weighted by Crippen LogP contribution is 2.36. The molecule has 1 N–H and O–H groups in total. The molecule has 1 aliphatic carbocycles. The fourth-order valence-electron chi connectivity index (χ4n) is 3.32. The van der Waals surface area contributed by atoms with Crippen LogP contribution < -0.4 is 0 Å². The maximum absolute atomic E-state index is 12.0. The van der Waals surface area contributed by atoms with Gasteiger partial charge in [-0.15, -0.1) is 0 Å². The van der Waals surface area contributed by atoms with E-state index in [4.69, 9.17) is 4.74 Å². The summed E-state index contributed by atoms with van der Waals surface area (Å²) in [6.07, 6.45) is 4.63. The van der Waals surface area contributed by atoms with E-state index >= 15 is 0 Å². The minimum atomic E-state index is -0.682. The van der Waals surface area contributed by atoms with Crippen molar-refractivity contribution in [3.8, 4) is 0 Å². The first-order chi connectivity index (χ1) is 11.0. The van der Waals surface area contributed by atoms with Crippen molar-refractivity contribution < 1.29 is 24.2 Å². The molecule has 1 aliphatic rings. The summed E-state index contributed by atoms with van der Waals surface area (Å²) in [4.78, 5) is 35.4. The van der Waals surface area contributed by atoms with Gasteiger partial charge in [0, 0.05) is 31.6 Å². The van der Waals surface area contributed by atoms with Gasteiger partial charge in [0.25, 0.3) is 0 Å². The number of esters is 1. The van der Waals surface area contributed by atoms with Gasteiger partial charge >= 0.3 is 5.97 Å². The Morgan fingerprint density at radius 1 is 1.13 bits per heavy atom. The Labute approximate surface area is 138 Å². The molecule has 0 spiro atoms. The maximum atomic E-state index is 12.0. The molecule has 5 heteroatoms. The van der Waals surface area contributed by atoms with Crippen molar-refractivity contribution in [3.05, 3.63) is 0 Å². The van der Waals surface area contributed by atoms with E-state index in [1.54, 1.807) is 6.92 Å². The zero-order valence-electron chi connectivity index (χ0n) is 14.4. The highest BCUT2D eigenvalue weighted by Gasteiger charge is 2.41. The van der Waals surface area contributed by atoms with Crippen LogP contribution in [-0.4, -0.2) is 35.4 Å². The number of carbonyl (C=O) groups is 3. The van der Waals surface area contributed by atoms with Gasteiger partial charge in [0.05, 0.1) is 12.7 Å². The lowest BCUT2D eigenvalue weighted by atomic mass is 9.85. The number of carbonyl (C=O) groups excluding carboxylic acids is 3. The number of Topliss-reactive ketones (excluding diaryl/α,β-unsaturated/α-hetero) is 2. The average Bonchev–Trinajstić information content (AvgIpc) is 2.77. The summed E-state index contributed by atoms with van der Waals surface area (Å²) >= 11 is 0. The molecule has 0 aromatic carbocycles. The van der Waals surface area contributed by atoms with Crippen LogP contribution in [0, 0.1) is 11.8 Å². The first-order valence-electron chi connectivity index (χ1n) is 8.87. The normalized spacial score (nSPS) is 24.0. The lowest BCUT2D eigenvalue weighted by molar-refractivity contribution is -0.143. The summed E-state index contributed by atoms with van der Waals surface area (Å²) in [5.74, 6) is -0.625. The van der Waals surface area contributed by atoms with Crippen molar-refractivity contribution in [2.75, 3.05) is 6.61 Å². The molecule has 1 rings (SSSR count). The van der Waals surface area contributed by atoms with Gasteiger partial charge in [0.1, 0.15) is 11.6 Å². The van der Waals surface area contributed by atoms with Crippen molar-refractivity contribution in [1.82, 2.24) is 0 Å². The lowest BCUT2D eigenvalue weighted by Crippen LogP contribution is -2.22. The van der Waals surface area contributed by atoms with Crippen LogP contribution in [0.5, 0.6) is 0 Å². The summed E-state index contributed by atoms with van der Waals surface area (Å²) in [5.41, 5.74) is 0. The Morgan fingerprint density at radius 3 is 2.52 bits per heavy atom. The van der Waals surface area contributed by atoms with Crippen LogP contribution in [0.1, 0.15) is 71.6 Å². The van der Waals surface area contributed by atoms with Gasteiger partial charge in [-0.05, 0) is 32.1 Å². The molecule has 0 radical (unpaired) electrons. The van der Waals surface area contributed by atoms with Crippen molar-refractivity contribution in [2.24, 2.45) is 11.8 Å². The first-order valence-corrected chi connectivity index (χ1v) is 8.87. The average molecular weight is 326 g/mol. The van der Waals surface area contributed by atoms with E-state index in [9.17, 15) is 19.5 Å². The summed E-state index contributed by atoms with van der Waals surface area (Å²) in [6.45, 7) is 4.17. The van der Waals surface area contributed by atoms with Crippen LogP contribution in [0.15, 0.2) is 0 Å². The zero-order valence-corrected chi connectivity index (χ0v) is 14.4. The molecule has 5 nitrogen and oxygen atoms in total.